The van der Waals surface area contributed by atoms with Gasteiger partial charge >= 0.3 is 0 Å². The van der Waals surface area contributed by atoms with Gasteiger partial charge in [-0.15, -0.1) is 0 Å². The van der Waals surface area contributed by atoms with Crippen LogP contribution in [-0.2, 0) is 0 Å². The van der Waals surface area contributed by atoms with Crippen molar-refractivity contribution < 1.29 is 9.50 Å². The van der Waals surface area contributed by atoms with Gasteiger partial charge in [-0.1, -0.05) is 6.07 Å². The zero-order valence-electron chi connectivity index (χ0n) is 8.83. The fourth-order valence-corrected chi connectivity index (χ4v) is 2.22. The fraction of sp³-hybridized carbons (Fsp3) is 0.500. The van der Waals surface area contributed by atoms with E-state index < -0.39 is 6.10 Å². The molecule has 2 atom stereocenters. The minimum Gasteiger partial charge on any atom is -0.391 e. The third-order valence-electron chi connectivity index (χ3n) is 3.09. The van der Waals surface area contributed by atoms with Gasteiger partial charge in [0, 0.05) is 12.5 Å². The minimum absolute atomic E-state index is 0.0712. The lowest BCUT2D eigenvalue weighted by Crippen LogP contribution is -2.39. The van der Waals surface area contributed by atoms with Crippen LogP contribution in [-0.4, -0.2) is 24.3 Å². The topological polar surface area (TPSA) is 32.3 Å². The van der Waals surface area contributed by atoms with E-state index >= 15 is 0 Å². The van der Waals surface area contributed by atoms with Crippen LogP contribution in [0.3, 0.4) is 0 Å². The van der Waals surface area contributed by atoms with Gasteiger partial charge in [0.05, 0.1) is 6.10 Å². The van der Waals surface area contributed by atoms with E-state index in [1.807, 2.05) is 6.92 Å². The lowest BCUT2D eigenvalue weighted by atomic mass is 9.85. The maximum atomic E-state index is 13.1. The van der Waals surface area contributed by atoms with Gasteiger partial charge in [-0.25, -0.2) is 4.39 Å². The second-order valence-electron chi connectivity index (χ2n) is 4.17. The van der Waals surface area contributed by atoms with Gasteiger partial charge in [0.1, 0.15) is 5.82 Å². The Kier molecular flexibility index (Phi) is 3.03. The molecule has 2 nitrogen and oxygen atoms in total. The zero-order chi connectivity index (χ0) is 10.8. The molecule has 0 spiro atoms. The van der Waals surface area contributed by atoms with Gasteiger partial charge in [0.2, 0.25) is 0 Å². The Morgan fingerprint density at radius 2 is 2.27 bits per heavy atom. The lowest BCUT2D eigenvalue weighted by Gasteiger charge is -2.29. The summed E-state index contributed by atoms with van der Waals surface area (Å²) in [6.45, 7) is 3.45. The molecule has 3 heteroatoms. The summed E-state index contributed by atoms with van der Waals surface area (Å²) in [7, 11) is 0. The predicted molar refractivity (Wildman–Crippen MR) is 57.4 cm³/mol. The molecular weight excluding hydrogens is 193 g/mol. The highest BCUT2D eigenvalue weighted by atomic mass is 19.1. The van der Waals surface area contributed by atoms with E-state index in [0.717, 1.165) is 24.1 Å². The Morgan fingerprint density at radius 3 is 3.00 bits per heavy atom. The molecular formula is C12H16FNO. The summed E-state index contributed by atoms with van der Waals surface area (Å²) in [5.41, 5.74) is 2.01. The average Bonchev–Trinajstić information content (AvgIpc) is 2.23. The zero-order valence-corrected chi connectivity index (χ0v) is 8.83. The van der Waals surface area contributed by atoms with Gasteiger partial charge < -0.3 is 10.4 Å². The number of hydrogen-bond acceptors (Lipinski definition) is 2. The highest BCUT2D eigenvalue weighted by Crippen LogP contribution is 2.28. The summed E-state index contributed by atoms with van der Waals surface area (Å²) in [5, 5.41) is 13.0. The normalized spacial score (nSPS) is 26.6. The Bertz CT molecular complexity index is 353. The fourth-order valence-electron chi connectivity index (χ4n) is 2.22. The minimum atomic E-state index is -0.403. The van der Waals surface area contributed by atoms with E-state index in [2.05, 4.69) is 5.32 Å². The molecule has 2 N–H and O–H groups in total. The van der Waals surface area contributed by atoms with E-state index in [1.165, 1.54) is 6.07 Å². The third kappa shape index (κ3) is 2.19. The van der Waals surface area contributed by atoms with Gasteiger partial charge in [-0.2, -0.15) is 0 Å². The van der Waals surface area contributed by atoms with E-state index in [0.29, 0.717) is 6.54 Å². The number of aliphatic hydroxyl groups is 1. The standard InChI is InChI=1S/C12H16FNO/c1-8-2-3-9(13)6-11(8)10-4-5-14-7-12(10)15/h2-3,6,10,12,14-15H,4-5,7H2,1H3/t10-,12+/m0/s1. The van der Waals surface area contributed by atoms with Crippen molar-refractivity contribution in [1.29, 1.82) is 0 Å². The number of halogens is 1. The smallest absolute Gasteiger partial charge is 0.123 e. The number of β-amino-alcohol motifs (C(OH)–C–C–N with tert-alkyl or cyclic N) is 1. The molecule has 0 bridgehead atoms. The molecule has 15 heavy (non-hydrogen) atoms. The van der Waals surface area contributed by atoms with Crippen LogP contribution in [0, 0.1) is 12.7 Å². The third-order valence-corrected chi connectivity index (χ3v) is 3.09. The molecule has 1 aliphatic heterocycles. The summed E-state index contributed by atoms with van der Waals surface area (Å²) in [6.07, 6.45) is 0.463. The first-order valence-electron chi connectivity index (χ1n) is 5.33. The Labute approximate surface area is 89.1 Å². The molecule has 2 rings (SSSR count). The van der Waals surface area contributed by atoms with Crippen LogP contribution >= 0.6 is 0 Å². The largest absolute Gasteiger partial charge is 0.391 e. The first kappa shape index (κ1) is 10.6. The van der Waals surface area contributed by atoms with Gasteiger partial charge in [-0.3, -0.25) is 0 Å². The Hall–Kier alpha value is -0.930. The highest BCUT2D eigenvalue weighted by Gasteiger charge is 2.25. The number of benzene rings is 1. The van der Waals surface area contributed by atoms with E-state index in [4.69, 9.17) is 0 Å². The molecule has 0 unspecified atom stereocenters. The van der Waals surface area contributed by atoms with Crippen LogP contribution in [0.5, 0.6) is 0 Å². The number of nitrogens with one attached hydrogen (secondary N) is 1. The Morgan fingerprint density at radius 1 is 1.47 bits per heavy atom. The van der Waals surface area contributed by atoms with Crippen molar-refractivity contribution in [2.75, 3.05) is 13.1 Å². The molecule has 1 saturated heterocycles. The molecule has 1 aromatic rings. The summed E-state index contributed by atoms with van der Waals surface area (Å²) in [6, 6.07) is 4.79. The lowest BCUT2D eigenvalue weighted by molar-refractivity contribution is 0.118. The molecule has 1 fully saturated rings. The van der Waals surface area contributed by atoms with Crippen molar-refractivity contribution in [3.8, 4) is 0 Å². The van der Waals surface area contributed by atoms with E-state index in [9.17, 15) is 9.50 Å². The monoisotopic (exact) mass is 209 g/mol. The first-order valence-corrected chi connectivity index (χ1v) is 5.33. The van der Waals surface area contributed by atoms with Crippen molar-refractivity contribution >= 4 is 0 Å². The molecule has 0 aromatic heterocycles. The molecule has 1 heterocycles. The average molecular weight is 209 g/mol. The predicted octanol–water partition coefficient (Wildman–Crippen LogP) is 1.57. The highest BCUT2D eigenvalue weighted by molar-refractivity contribution is 5.31. The molecule has 1 aromatic carbocycles. The summed E-state index contributed by atoms with van der Waals surface area (Å²) >= 11 is 0. The molecule has 1 aliphatic rings. The molecule has 0 radical (unpaired) electrons. The summed E-state index contributed by atoms with van der Waals surface area (Å²) in [5.74, 6) is -0.150. The van der Waals surface area contributed by atoms with E-state index in [-0.39, 0.29) is 11.7 Å². The molecule has 82 valence electrons. The van der Waals surface area contributed by atoms with Gasteiger partial charge in [-0.05, 0) is 43.1 Å². The van der Waals surface area contributed by atoms with Gasteiger partial charge in [0.15, 0.2) is 0 Å². The second kappa shape index (κ2) is 4.29. The van der Waals surface area contributed by atoms with Gasteiger partial charge in [0.25, 0.3) is 0 Å². The van der Waals surface area contributed by atoms with Crippen LogP contribution in [0.4, 0.5) is 4.39 Å². The molecule has 0 aliphatic carbocycles. The molecule has 0 saturated carbocycles. The van der Waals surface area contributed by atoms with Crippen LogP contribution in [0.1, 0.15) is 23.5 Å². The maximum Gasteiger partial charge on any atom is 0.123 e. The SMILES string of the molecule is Cc1ccc(F)cc1[C@@H]1CCNC[C@H]1O. The number of piperidine rings is 1. The quantitative estimate of drug-likeness (QED) is 0.736. The van der Waals surface area contributed by atoms with Crippen LogP contribution in [0.15, 0.2) is 18.2 Å². The number of rotatable bonds is 1. The number of aryl methyl sites for hydroxylation is 1. The second-order valence-corrected chi connectivity index (χ2v) is 4.17. The van der Waals surface area contributed by atoms with Crippen molar-refractivity contribution in [3.63, 3.8) is 0 Å². The number of hydrogen-bond donors (Lipinski definition) is 2. The van der Waals surface area contributed by atoms with Crippen molar-refractivity contribution in [2.45, 2.75) is 25.4 Å². The maximum absolute atomic E-state index is 13.1. The number of aliphatic hydroxyl groups excluding tert-OH is 1. The van der Waals surface area contributed by atoms with Crippen LogP contribution < -0.4 is 5.32 Å². The molecule has 0 amide bonds. The Balaban J connectivity index is 2.30. The van der Waals surface area contributed by atoms with E-state index in [1.54, 1.807) is 12.1 Å². The van der Waals surface area contributed by atoms with Crippen LogP contribution in [0.25, 0.3) is 0 Å². The van der Waals surface area contributed by atoms with Crippen LogP contribution in [0.2, 0.25) is 0 Å². The summed E-state index contributed by atoms with van der Waals surface area (Å²) in [4.78, 5) is 0. The van der Waals surface area contributed by atoms with Crippen molar-refractivity contribution in [1.82, 2.24) is 5.32 Å². The summed E-state index contributed by atoms with van der Waals surface area (Å²) < 4.78 is 13.1. The van der Waals surface area contributed by atoms with Crippen molar-refractivity contribution in [2.24, 2.45) is 0 Å². The van der Waals surface area contributed by atoms with Crippen molar-refractivity contribution in [3.05, 3.63) is 35.1 Å². The first-order chi connectivity index (χ1) is 7.18.